The van der Waals surface area contributed by atoms with Crippen LogP contribution in [0.15, 0.2) is 23.9 Å². The topological polar surface area (TPSA) is 78.5 Å². The van der Waals surface area contributed by atoms with Gasteiger partial charge in [0.1, 0.15) is 11.7 Å². The molecule has 0 radical (unpaired) electrons. The molecule has 1 unspecified atom stereocenters. The molecule has 6 nitrogen and oxygen atoms in total. The number of nitrogens with one attached hydrogen (secondary N) is 2. The monoisotopic (exact) mass is 323 g/mol. The lowest BCUT2D eigenvalue weighted by molar-refractivity contribution is -0.143. The van der Waals surface area contributed by atoms with Crippen LogP contribution in [0.1, 0.15) is 47.5 Å². The molecule has 1 atom stereocenters. The third-order valence-corrected chi connectivity index (χ3v) is 3.32. The van der Waals surface area contributed by atoms with Crippen molar-refractivity contribution in [2.24, 2.45) is 0 Å². The minimum Gasteiger partial charge on any atom is -0.381 e. The van der Waals surface area contributed by atoms with Gasteiger partial charge in [-0.1, -0.05) is 40.3 Å². The highest BCUT2D eigenvalue weighted by Gasteiger charge is 2.39. The largest absolute Gasteiger partial charge is 0.381 e. The Morgan fingerprint density at radius 3 is 2.35 bits per heavy atom. The van der Waals surface area contributed by atoms with Crippen LogP contribution < -0.4 is 10.6 Å². The van der Waals surface area contributed by atoms with E-state index in [9.17, 15) is 14.4 Å². The van der Waals surface area contributed by atoms with Gasteiger partial charge in [-0.25, -0.2) is 0 Å². The molecule has 3 amide bonds. The van der Waals surface area contributed by atoms with Gasteiger partial charge < -0.3 is 10.2 Å². The Labute approximate surface area is 139 Å². The maximum Gasteiger partial charge on any atom is 0.271 e. The molecule has 6 heteroatoms. The molecule has 0 spiro atoms. The Morgan fingerprint density at radius 2 is 1.87 bits per heavy atom. The number of hydrogen-bond acceptors (Lipinski definition) is 4. The average Bonchev–Trinajstić information content (AvgIpc) is 2.88. The standard InChI is InChI=1S/C13H17N3O3.2C2H6/c1-3-8-7-16(13(19)11(8)14-4-2)9-5-6-10(17)15-12(9)18;2*1-2/h3,9,14H,1,4-7H2,2H3,(H,15,17,18);2*1-2H3. The summed E-state index contributed by atoms with van der Waals surface area (Å²) in [6.07, 6.45) is 2.27. The van der Waals surface area contributed by atoms with Crippen molar-refractivity contribution in [3.63, 3.8) is 0 Å². The van der Waals surface area contributed by atoms with Crippen LogP contribution in [0, 0.1) is 0 Å². The molecular weight excluding hydrogens is 294 g/mol. The van der Waals surface area contributed by atoms with Crippen LogP contribution in [0.5, 0.6) is 0 Å². The van der Waals surface area contributed by atoms with E-state index in [-0.39, 0.29) is 18.2 Å². The molecule has 1 saturated heterocycles. The summed E-state index contributed by atoms with van der Waals surface area (Å²) in [6.45, 7) is 14.6. The number of likely N-dealkylation sites (N-methyl/N-ethyl adjacent to an activating group) is 1. The zero-order chi connectivity index (χ0) is 18.0. The SMILES string of the molecule is C=CC1=C(NCC)C(=O)N(C2CCC(=O)NC2=O)C1.CC.CC. The molecule has 2 aliphatic heterocycles. The van der Waals surface area contributed by atoms with E-state index in [4.69, 9.17) is 0 Å². The fourth-order valence-electron chi connectivity index (χ4n) is 2.38. The summed E-state index contributed by atoms with van der Waals surface area (Å²) in [5.41, 5.74) is 1.29. The molecule has 0 aromatic heterocycles. The van der Waals surface area contributed by atoms with Gasteiger partial charge in [0.15, 0.2) is 0 Å². The second-order valence-corrected chi connectivity index (χ2v) is 4.53. The van der Waals surface area contributed by atoms with E-state index in [0.29, 0.717) is 25.2 Å². The Hall–Kier alpha value is -2.11. The van der Waals surface area contributed by atoms with Crippen molar-refractivity contribution in [1.82, 2.24) is 15.5 Å². The summed E-state index contributed by atoms with van der Waals surface area (Å²) in [5, 5.41) is 5.28. The number of imide groups is 1. The molecular formula is C17H29N3O3. The van der Waals surface area contributed by atoms with Crippen molar-refractivity contribution in [3.05, 3.63) is 23.9 Å². The fraction of sp³-hybridized carbons (Fsp3) is 0.588. The van der Waals surface area contributed by atoms with E-state index in [1.165, 1.54) is 4.90 Å². The van der Waals surface area contributed by atoms with Crippen molar-refractivity contribution >= 4 is 17.7 Å². The summed E-state index contributed by atoms with van der Waals surface area (Å²) in [7, 11) is 0. The summed E-state index contributed by atoms with van der Waals surface area (Å²) < 4.78 is 0. The van der Waals surface area contributed by atoms with Crippen molar-refractivity contribution in [2.75, 3.05) is 13.1 Å². The van der Waals surface area contributed by atoms with Gasteiger partial charge in [-0.2, -0.15) is 0 Å². The van der Waals surface area contributed by atoms with Crippen LogP contribution in [0.4, 0.5) is 0 Å². The lowest BCUT2D eigenvalue weighted by Crippen LogP contribution is -2.53. The lowest BCUT2D eigenvalue weighted by Gasteiger charge is -2.29. The van der Waals surface area contributed by atoms with Gasteiger partial charge in [0.05, 0.1) is 0 Å². The Balaban J connectivity index is 0.00000112. The van der Waals surface area contributed by atoms with E-state index >= 15 is 0 Å². The second kappa shape index (κ2) is 10.6. The van der Waals surface area contributed by atoms with Crippen LogP contribution in [0.3, 0.4) is 0 Å². The third kappa shape index (κ3) is 4.94. The minimum atomic E-state index is -0.573. The normalized spacial score (nSPS) is 20.1. The molecule has 2 N–H and O–H groups in total. The minimum absolute atomic E-state index is 0.203. The average molecular weight is 323 g/mol. The van der Waals surface area contributed by atoms with Gasteiger partial charge in [0.2, 0.25) is 11.8 Å². The van der Waals surface area contributed by atoms with Gasteiger partial charge >= 0.3 is 0 Å². The quantitative estimate of drug-likeness (QED) is 0.773. The van der Waals surface area contributed by atoms with Crippen molar-refractivity contribution in [2.45, 2.75) is 53.5 Å². The number of carbonyl (C=O) groups excluding carboxylic acids is 3. The molecule has 0 aliphatic carbocycles. The third-order valence-electron chi connectivity index (χ3n) is 3.32. The van der Waals surface area contributed by atoms with E-state index in [2.05, 4.69) is 17.2 Å². The molecule has 2 aliphatic rings. The molecule has 0 aromatic rings. The first-order valence-corrected chi connectivity index (χ1v) is 8.32. The molecule has 23 heavy (non-hydrogen) atoms. The number of nitrogens with zero attached hydrogens (tertiary/aromatic N) is 1. The highest BCUT2D eigenvalue weighted by Crippen LogP contribution is 2.23. The smallest absolute Gasteiger partial charge is 0.271 e. The van der Waals surface area contributed by atoms with Gasteiger partial charge in [0, 0.05) is 19.5 Å². The van der Waals surface area contributed by atoms with Crippen LogP contribution in [-0.2, 0) is 14.4 Å². The number of amides is 3. The number of piperidine rings is 1. The first kappa shape index (κ1) is 20.9. The van der Waals surface area contributed by atoms with Crippen molar-refractivity contribution < 1.29 is 14.4 Å². The molecule has 2 heterocycles. The molecule has 1 fully saturated rings. The molecule has 2 rings (SSSR count). The molecule has 0 aromatic carbocycles. The maximum atomic E-state index is 12.3. The lowest BCUT2D eigenvalue weighted by atomic mass is 10.0. The van der Waals surface area contributed by atoms with Crippen LogP contribution in [0.2, 0.25) is 0 Å². The van der Waals surface area contributed by atoms with E-state index in [0.717, 1.165) is 5.57 Å². The zero-order valence-corrected chi connectivity index (χ0v) is 14.9. The van der Waals surface area contributed by atoms with Crippen molar-refractivity contribution in [1.29, 1.82) is 0 Å². The van der Waals surface area contributed by atoms with Gasteiger partial charge in [-0.3, -0.25) is 19.7 Å². The van der Waals surface area contributed by atoms with Gasteiger partial charge in [0.25, 0.3) is 5.91 Å². The van der Waals surface area contributed by atoms with Crippen molar-refractivity contribution in [3.8, 4) is 0 Å². The predicted octanol–water partition coefficient (Wildman–Crippen LogP) is 1.74. The molecule has 0 bridgehead atoms. The van der Waals surface area contributed by atoms with Crippen LogP contribution in [-0.4, -0.2) is 41.8 Å². The first-order chi connectivity index (χ1) is 11.1. The number of carbonyl (C=O) groups is 3. The highest BCUT2D eigenvalue weighted by molar-refractivity contribution is 6.05. The summed E-state index contributed by atoms with van der Waals surface area (Å²) in [6, 6.07) is -0.573. The first-order valence-electron chi connectivity index (χ1n) is 8.32. The summed E-state index contributed by atoms with van der Waals surface area (Å²) in [5.74, 6) is -0.881. The van der Waals surface area contributed by atoms with E-state index in [1.54, 1.807) is 6.08 Å². The summed E-state index contributed by atoms with van der Waals surface area (Å²) >= 11 is 0. The number of hydrogen-bond donors (Lipinski definition) is 2. The predicted molar refractivity (Wildman–Crippen MR) is 91.5 cm³/mol. The highest BCUT2D eigenvalue weighted by atomic mass is 16.2. The van der Waals surface area contributed by atoms with E-state index < -0.39 is 11.9 Å². The molecule has 130 valence electrons. The Kier molecular flexibility index (Phi) is 9.62. The van der Waals surface area contributed by atoms with Crippen LogP contribution in [0.25, 0.3) is 0 Å². The maximum absolute atomic E-state index is 12.3. The van der Waals surface area contributed by atoms with Gasteiger partial charge in [-0.15, -0.1) is 0 Å². The Bertz CT molecular complexity index is 483. The van der Waals surface area contributed by atoms with Crippen LogP contribution >= 0.6 is 0 Å². The zero-order valence-electron chi connectivity index (χ0n) is 14.9. The number of rotatable bonds is 4. The summed E-state index contributed by atoms with van der Waals surface area (Å²) in [4.78, 5) is 36.7. The Morgan fingerprint density at radius 1 is 1.26 bits per heavy atom. The fourth-order valence-corrected chi connectivity index (χ4v) is 2.38. The van der Waals surface area contributed by atoms with Gasteiger partial charge in [-0.05, 0) is 18.9 Å². The second-order valence-electron chi connectivity index (χ2n) is 4.53. The molecule has 0 saturated carbocycles. The van der Waals surface area contributed by atoms with E-state index in [1.807, 2.05) is 34.6 Å².